The number of nitrogens with two attached hydrogens (primary N) is 2. The van der Waals surface area contributed by atoms with Crippen LogP contribution in [0.3, 0.4) is 0 Å². The number of nitrogen functional groups attached to an aromatic ring is 2. The van der Waals surface area contributed by atoms with Gasteiger partial charge >= 0.3 is 0 Å². The van der Waals surface area contributed by atoms with Gasteiger partial charge in [0.2, 0.25) is 0 Å². The maximum atomic E-state index is 12.0. The molecular formula is C13H12N4O3. The van der Waals surface area contributed by atoms with Gasteiger partial charge in [-0.3, -0.25) is 14.9 Å². The molecule has 0 unspecified atom stereocenters. The standard InChI is InChI=1S/C13H12N4O3/c14-8-1-3-9(4-2-8)16-13(18)11-7-10(17(19)20)5-6-12(11)15/h1-7H,14-15H2,(H,16,18). The van der Waals surface area contributed by atoms with Crippen molar-refractivity contribution in [1.29, 1.82) is 0 Å². The van der Waals surface area contributed by atoms with Crippen molar-refractivity contribution in [2.75, 3.05) is 16.8 Å². The summed E-state index contributed by atoms with van der Waals surface area (Å²) in [6.07, 6.45) is 0. The van der Waals surface area contributed by atoms with Crippen LogP contribution in [-0.2, 0) is 0 Å². The molecule has 2 aromatic rings. The minimum atomic E-state index is -0.584. The van der Waals surface area contributed by atoms with Crippen molar-refractivity contribution in [1.82, 2.24) is 0 Å². The van der Waals surface area contributed by atoms with Crippen molar-refractivity contribution in [3.63, 3.8) is 0 Å². The van der Waals surface area contributed by atoms with Gasteiger partial charge in [-0.05, 0) is 30.3 Å². The minimum Gasteiger partial charge on any atom is -0.399 e. The van der Waals surface area contributed by atoms with Crippen LogP contribution in [0.1, 0.15) is 10.4 Å². The average Bonchev–Trinajstić information content (AvgIpc) is 2.41. The Bertz CT molecular complexity index is 668. The van der Waals surface area contributed by atoms with Crippen molar-refractivity contribution in [2.24, 2.45) is 0 Å². The van der Waals surface area contributed by atoms with E-state index in [9.17, 15) is 14.9 Å². The first kappa shape index (κ1) is 13.3. The fraction of sp³-hybridized carbons (Fsp3) is 0. The highest BCUT2D eigenvalue weighted by atomic mass is 16.6. The van der Waals surface area contributed by atoms with Gasteiger partial charge in [0.25, 0.3) is 11.6 Å². The molecular weight excluding hydrogens is 260 g/mol. The number of rotatable bonds is 3. The van der Waals surface area contributed by atoms with Crippen LogP contribution in [0.2, 0.25) is 0 Å². The fourth-order valence-corrected chi connectivity index (χ4v) is 1.62. The molecule has 2 aromatic carbocycles. The third-order valence-electron chi connectivity index (χ3n) is 2.66. The Hall–Kier alpha value is -3.09. The summed E-state index contributed by atoms with van der Waals surface area (Å²) in [5.41, 5.74) is 12.3. The van der Waals surface area contributed by atoms with E-state index in [0.29, 0.717) is 11.4 Å². The van der Waals surface area contributed by atoms with Crippen LogP contribution in [-0.4, -0.2) is 10.8 Å². The van der Waals surface area contributed by atoms with Crippen LogP contribution >= 0.6 is 0 Å². The van der Waals surface area contributed by atoms with Crippen molar-refractivity contribution in [2.45, 2.75) is 0 Å². The lowest BCUT2D eigenvalue weighted by Gasteiger charge is -2.07. The number of nitrogens with zero attached hydrogens (tertiary/aromatic N) is 1. The van der Waals surface area contributed by atoms with E-state index in [1.54, 1.807) is 24.3 Å². The number of hydrogen-bond acceptors (Lipinski definition) is 5. The quantitative estimate of drug-likeness (QED) is 0.448. The number of anilines is 3. The lowest BCUT2D eigenvalue weighted by atomic mass is 10.1. The molecule has 20 heavy (non-hydrogen) atoms. The van der Waals surface area contributed by atoms with E-state index in [-0.39, 0.29) is 16.9 Å². The second-order valence-electron chi connectivity index (χ2n) is 4.10. The molecule has 0 saturated heterocycles. The molecule has 1 amide bonds. The van der Waals surface area contributed by atoms with E-state index in [1.165, 1.54) is 12.1 Å². The number of nitro benzene ring substituents is 1. The molecule has 7 nitrogen and oxygen atoms in total. The van der Waals surface area contributed by atoms with Crippen LogP contribution in [0.5, 0.6) is 0 Å². The highest BCUT2D eigenvalue weighted by Gasteiger charge is 2.15. The Morgan fingerprint density at radius 3 is 2.35 bits per heavy atom. The molecule has 2 rings (SSSR count). The first-order valence-electron chi connectivity index (χ1n) is 5.68. The molecule has 0 fully saturated rings. The van der Waals surface area contributed by atoms with Crippen LogP contribution in [0.4, 0.5) is 22.7 Å². The van der Waals surface area contributed by atoms with Gasteiger partial charge in [0, 0.05) is 29.2 Å². The molecule has 102 valence electrons. The predicted octanol–water partition coefficient (Wildman–Crippen LogP) is 2.01. The molecule has 7 heteroatoms. The minimum absolute atomic E-state index is 0.0519. The van der Waals surface area contributed by atoms with Gasteiger partial charge < -0.3 is 16.8 Å². The van der Waals surface area contributed by atoms with Gasteiger partial charge in [-0.25, -0.2) is 0 Å². The zero-order valence-corrected chi connectivity index (χ0v) is 10.4. The van der Waals surface area contributed by atoms with Crippen LogP contribution < -0.4 is 16.8 Å². The number of carbonyl (C=O) groups excluding carboxylic acids is 1. The molecule has 0 radical (unpaired) electrons. The van der Waals surface area contributed by atoms with Gasteiger partial charge in [-0.2, -0.15) is 0 Å². The number of benzene rings is 2. The molecule has 5 N–H and O–H groups in total. The fourth-order valence-electron chi connectivity index (χ4n) is 1.62. The number of nitrogens with one attached hydrogen (secondary N) is 1. The maximum absolute atomic E-state index is 12.0. The first-order valence-corrected chi connectivity index (χ1v) is 5.68. The second-order valence-corrected chi connectivity index (χ2v) is 4.10. The van der Waals surface area contributed by atoms with E-state index in [1.807, 2.05) is 0 Å². The molecule has 0 saturated carbocycles. The van der Waals surface area contributed by atoms with E-state index in [4.69, 9.17) is 11.5 Å². The van der Waals surface area contributed by atoms with Gasteiger partial charge in [0.15, 0.2) is 0 Å². The maximum Gasteiger partial charge on any atom is 0.270 e. The Labute approximate surface area is 114 Å². The molecule has 0 aliphatic carbocycles. The first-order chi connectivity index (χ1) is 9.47. The summed E-state index contributed by atoms with van der Waals surface area (Å²) in [7, 11) is 0. The van der Waals surface area contributed by atoms with Crippen molar-refractivity contribution < 1.29 is 9.72 Å². The Kier molecular flexibility index (Phi) is 3.52. The smallest absolute Gasteiger partial charge is 0.270 e. The Morgan fingerprint density at radius 2 is 1.75 bits per heavy atom. The monoisotopic (exact) mass is 272 g/mol. The predicted molar refractivity (Wildman–Crippen MR) is 76.3 cm³/mol. The van der Waals surface area contributed by atoms with Gasteiger partial charge in [-0.1, -0.05) is 0 Å². The van der Waals surface area contributed by atoms with E-state index < -0.39 is 10.8 Å². The summed E-state index contributed by atoms with van der Waals surface area (Å²) in [6, 6.07) is 10.2. The van der Waals surface area contributed by atoms with Crippen LogP contribution in [0.15, 0.2) is 42.5 Å². The molecule has 0 heterocycles. The Morgan fingerprint density at radius 1 is 1.10 bits per heavy atom. The van der Waals surface area contributed by atoms with E-state index in [2.05, 4.69) is 5.32 Å². The van der Waals surface area contributed by atoms with E-state index in [0.717, 1.165) is 6.07 Å². The molecule has 0 aliphatic heterocycles. The molecule has 0 aromatic heterocycles. The summed E-state index contributed by atoms with van der Waals surface area (Å²) in [5, 5.41) is 13.3. The molecule has 0 aliphatic rings. The lowest BCUT2D eigenvalue weighted by molar-refractivity contribution is -0.384. The summed E-state index contributed by atoms with van der Waals surface area (Å²) in [4.78, 5) is 22.2. The Balaban J connectivity index is 2.26. The van der Waals surface area contributed by atoms with Crippen molar-refractivity contribution in [3.05, 3.63) is 58.1 Å². The summed E-state index contributed by atoms with van der Waals surface area (Å²) in [6.45, 7) is 0. The van der Waals surface area contributed by atoms with Crippen molar-refractivity contribution >= 4 is 28.7 Å². The SMILES string of the molecule is Nc1ccc(NC(=O)c2cc([N+](=O)[O-])ccc2N)cc1. The van der Waals surface area contributed by atoms with Crippen molar-refractivity contribution in [3.8, 4) is 0 Å². The molecule has 0 atom stereocenters. The normalized spacial score (nSPS) is 10.0. The van der Waals surface area contributed by atoms with E-state index >= 15 is 0 Å². The van der Waals surface area contributed by atoms with Crippen LogP contribution in [0.25, 0.3) is 0 Å². The number of carbonyl (C=O) groups is 1. The number of amides is 1. The largest absolute Gasteiger partial charge is 0.399 e. The zero-order valence-electron chi connectivity index (χ0n) is 10.4. The highest BCUT2D eigenvalue weighted by Crippen LogP contribution is 2.21. The zero-order chi connectivity index (χ0) is 14.7. The number of nitro groups is 1. The van der Waals surface area contributed by atoms with Gasteiger partial charge in [0.05, 0.1) is 10.5 Å². The average molecular weight is 272 g/mol. The molecule has 0 spiro atoms. The second kappa shape index (κ2) is 5.27. The van der Waals surface area contributed by atoms with Crippen LogP contribution in [0, 0.1) is 10.1 Å². The highest BCUT2D eigenvalue weighted by molar-refractivity contribution is 6.08. The lowest BCUT2D eigenvalue weighted by Crippen LogP contribution is -2.14. The summed E-state index contributed by atoms with van der Waals surface area (Å²) in [5.74, 6) is -0.518. The number of hydrogen-bond donors (Lipinski definition) is 3. The third kappa shape index (κ3) is 2.83. The summed E-state index contributed by atoms with van der Waals surface area (Å²) >= 11 is 0. The topological polar surface area (TPSA) is 124 Å². The molecule has 0 bridgehead atoms. The third-order valence-corrected chi connectivity index (χ3v) is 2.66. The van der Waals surface area contributed by atoms with Gasteiger partial charge in [-0.15, -0.1) is 0 Å². The van der Waals surface area contributed by atoms with Gasteiger partial charge in [0.1, 0.15) is 0 Å². The summed E-state index contributed by atoms with van der Waals surface area (Å²) < 4.78 is 0. The number of non-ortho nitro benzene ring substituents is 1.